The topological polar surface area (TPSA) is 75.4 Å². The standard InChI is InChI=1S/C22H24FN5O2/c1-15-6-7-17(13-19(15)23)21-25-22(30-26-21)16(2)27-9-11-28(12-10-27)20(29)14-18-5-3-4-8-24-18/h3-8,13,16H,9-12,14H2,1-2H3/t16-/m0/s1. The summed E-state index contributed by atoms with van der Waals surface area (Å²) in [5, 5.41) is 4.01. The van der Waals surface area contributed by atoms with E-state index >= 15 is 0 Å². The van der Waals surface area contributed by atoms with Crippen molar-refractivity contribution in [2.45, 2.75) is 26.3 Å². The predicted octanol–water partition coefficient (Wildman–Crippen LogP) is 3.03. The SMILES string of the molecule is Cc1ccc(-c2noc([C@H](C)N3CCN(C(=O)Cc4ccccn4)CC3)n2)cc1F. The molecule has 0 radical (unpaired) electrons. The van der Waals surface area contributed by atoms with Crippen molar-refractivity contribution in [3.8, 4) is 11.4 Å². The van der Waals surface area contributed by atoms with E-state index in [1.807, 2.05) is 30.0 Å². The molecule has 3 heterocycles. The molecule has 0 spiro atoms. The third kappa shape index (κ3) is 4.38. The van der Waals surface area contributed by atoms with Gasteiger partial charge in [-0.25, -0.2) is 4.39 Å². The van der Waals surface area contributed by atoms with E-state index in [-0.39, 0.29) is 17.8 Å². The zero-order valence-corrected chi connectivity index (χ0v) is 17.1. The van der Waals surface area contributed by atoms with Gasteiger partial charge in [0.2, 0.25) is 17.6 Å². The van der Waals surface area contributed by atoms with Gasteiger partial charge in [0.15, 0.2) is 0 Å². The van der Waals surface area contributed by atoms with Crippen LogP contribution in [-0.4, -0.2) is 57.0 Å². The summed E-state index contributed by atoms with van der Waals surface area (Å²) >= 11 is 0. The predicted molar refractivity (Wildman–Crippen MR) is 109 cm³/mol. The average Bonchev–Trinajstić information content (AvgIpc) is 3.26. The lowest BCUT2D eigenvalue weighted by molar-refractivity contribution is -0.132. The molecular weight excluding hydrogens is 385 g/mol. The van der Waals surface area contributed by atoms with Crippen molar-refractivity contribution in [2.24, 2.45) is 0 Å². The van der Waals surface area contributed by atoms with Gasteiger partial charge in [0.25, 0.3) is 0 Å². The molecule has 1 aromatic carbocycles. The molecule has 8 heteroatoms. The second-order valence-corrected chi connectivity index (χ2v) is 7.51. The third-order valence-corrected chi connectivity index (χ3v) is 5.50. The van der Waals surface area contributed by atoms with Crippen molar-refractivity contribution < 1.29 is 13.7 Å². The van der Waals surface area contributed by atoms with E-state index in [1.165, 1.54) is 6.07 Å². The Morgan fingerprint density at radius 1 is 1.20 bits per heavy atom. The Kier molecular flexibility index (Phi) is 5.85. The Balaban J connectivity index is 1.35. The van der Waals surface area contributed by atoms with E-state index in [1.54, 1.807) is 25.3 Å². The summed E-state index contributed by atoms with van der Waals surface area (Å²) in [6.07, 6.45) is 2.02. The first kappa shape index (κ1) is 20.2. The first-order valence-electron chi connectivity index (χ1n) is 10.0. The fourth-order valence-corrected chi connectivity index (χ4v) is 3.54. The number of aromatic nitrogens is 3. The van der Waals surface area contributed by atoms with Crippen LogP contribution in [0.3, 0.4) is 0 Å². The zero-order chi connectivity index (χ0) is 21.1. The summed E-state index contributed by atoms with van der Waals surface area (Å²) in [5.74, 6) is 0.653. The fraction of sp³-hybridized carbons (Fsp3) is 0.364. The van der Waals surface area contributed by atoms with E-state index in [4.69, 9.17) is 4.52 Å². The van der Waals surface area contributed by atoms with Crippen molar-refractivity contribution in [2.75, 3.05) is 26.2 Å². The van der Waals surface area contributed by atoms with Crippen LogP contribution >= 0.6 is 0 Å². The molecular formula is C22H24FN5O2. The molecule has 1 aliphatic rings. The van der Waals surface area contributed by atoms with E-state index in [0.29, 0.717) is 55.4 Å². The first-order chi connectivity index (χ1) is 14.5. The number of rotatable bonds is 5. The molecule has 0 unspecified atom stereocenters. The number of nitrogens with zero attached hydrogens (tertiary/aromatic N) is 5. The smallest absolute Gasteiger partial charge is 0.244 e. The van der Waals surface area contributed by atoms with Crippen LogP contribution in [0.2, 0.25) is 0 Å². The van der Waals surface area contributed by atoms with Gasteiger partial charge in [-0.05, 0) is 37.6 Å². The summed E-state index contributed by atoms with van der Waals surface area (Å²) in [7, 11) is 0. The van der Waals surface area contributed by atoms with E-state index in [9.17, 15) is 9.18 Å². The summed E-state index contributed by atoms with van der Waals surface area (Å²) in [4.78, 5) is 25.3. The van der Waals surface area contributed by atoms with Gasteiger partial charge in [-0.2, -0.15) is 4.98 Å². The summed E-state index contributed by atoms with van der Waals surface area (Å²) < 4.78 is 19.3. The van der Waals surface area contributed by atoms with Crippen molar-refractivity contribution in [1.29, 1.82) is 0 Å². The van der Waals surface area contributed by atoms with Crippen molar-refractivity contribution in [3.63, 3.8) is 0 Å². The molecule has 1 fully saturated rings. The molecule has 2 aromatic heterocycles. The second kappa shape index (κ2) is 8.71. The van der Waals surface area contributed by atoms with Crippen molar-refractivity contribution >= 4 is 5.91 Å². The molecule has 1 aliphatic heterocycles. The molecule has 0 bridgehead atoms. The van der Waals surface area contributed by atoms with Gasteiger partial charge < -0.3 is 9.42 Å². The second-order valence-electron chi connectivity index (χ2n) is 7.51. The highest BCUT2D eigenvalue weighted by Gasteiger charge is 2.28. The number of benzene rings is 1. The minimum Gasteiger partial charge on any atom is -0.340 e. The molecule has 0 N–H and O–H groups in total. The number of pyridine rings is 1. The van der Waals surface area contributed by atoms with Crippen LogP contribution in [0.15, 0.2) is 47.1 Å². The number of carbonyl (C=O) groups excluding carboxylic acids is 1. The highest BCUT2D eigenvalue weighted by atomic mass is 19.1. The number of carbonyl (C=O) groups is 1. The molecule has 0 aliphatic carbocycles. The number of amides is 1. The normalized spacial score (nSPS) is 15.9. The number of halogens is 1. The number of hydrogen-bond donors (Lipinski definition) is 0. The monoisotopic (exact) mass is 409 g/mol. The van der Waals surface area contributed by atoms with E-state index < -0.39 is 0 Å². The van der Waals surface area contributed by atoms with Gasteiger partial charge in [0, 0.05) is 43.6 Å². The van der Waals surface area contributed by atoms with Crippen LogP contribution < -0.4 is 0 Å². The minimum atomic E-state index is -0.293. The summed E-state index contributed by atoms with van der Waals surface area (Å²) in [6, 6.07) is 10.4. The largest absolute Gasteiger partial charge is 0.340 e. The van der Waals surface area contributed by atoms with Crippen LogP contribution in [0.1, 0.15) is 30.1 Å². The maximum Gasteiger partial charge on any atom is 0.244 e. The quantitative estimate of drug-likeness (QED) is 0.645. The van der Waals surface area contributed by atoms with Gasteiger partial charge in [0.1, 0.15) is 5.82 Å². The highest BCUT2D eigenvalue weighted by molar-refractivity contribution is 5.78. The van der Waals surface area contributed by atoms with Gasteiger partial charge in [-0.3, -0.25) is 14.7 Å². The molecule has 7 nitrogen and oxygen atoms in total. The summed E-state index contributed by atoms with van der Waals surface area (Å²) in [5.41, 5.74) is 1.95. The first-order valence-corrected chi connectivity index (χ1v) is 10.0. The summed E-state index contributed by atoms with van der Waals surface area (Å²) in [6.45, 7) is 6.42. The lowest BCUT2D eigenvalue weighted by Crippen LogP contribution is -2.49. The van der Waals surface area contributed by atoms with Gasteiger partial charge in [-0.1, -0.05) is 23.4 Å². The molecule has 1 amide bonds. The molecule has 30 heavy (non-hydrogen) atoms. The van der Waals surface area contributed by atoms with E-state index in [0.717, 1.165) is 5.69 Å². The Morgan fingerprint density at radius 2 is 2.00 bits per heavy atom. The van der Waals surface area contributed by atoms with Crippen LogP contribution in [0, 0.1) is 12.7 Å². The number of aryl methyl sites for hydroxylation is 1. The van der Waals surface area contributed by atoms with Crippen molar-refractivity contribution in [1.82, 2.24) is 24.9 Å². The molecule has 1 atom stereocenters. The number of piperazine rings is 1. The van der Waals surface area contributed by atoms with Crippen LogP contribution in [0.5, 0.6) is 0 Å². The maximum absolute atomic E-state index is 13.8. The van der Waals surface area contributed by atoms with Crippen LogP contribution in [0.25, 0.3) is 11.4 Å². The lowest BCUT2D eigenvalue weighted by Gasteiger charge is -2.36. The fourth-order valence-electron chi connectivity index (χ4n) is 3.54. The molecule has 1 saturated heterocycles. The Labute approximate surface area is 174 Å². The van der Waals surface area contributed by atoms with Crippen molar-refractivity contribution in [3.05, 3.63) is 65.6 Å². The van der Waals surface area contributed by atoms with Gasteiger partial charge >= 0.3 is 0 Å². The van der Waals surface area contributed by atoms with Crippen LogP contribution in [0.4, 0.5) is 4.39 Å². The zero-order valence-electron chi connectivity index (χ0n) is 17.1. The highest BCUT2D eigenvalue weighted by Crippen LogP contribution is 2.24. The minimum absolute atomic E-state index is 0.0856. The Morgan fingerprint density at radius 3 is 2.70 bits per heavy atom. The van der Waals surface area contributed by atoms with E-state index in [2.05, 4.69) is 20.0 Å². The van der Waals surface area contributed by atoms with Gasteiger partial charge in [-0.15, -0.1) is 0 Å². The lowest BCUT2D eigenvalue weighted by atomic mass is 10.1. The Hall–Kier alpha value is -3.13. The maximum atomic E-state index is 13.8. The third-order valence-electron chi connectivity index (χ3n) is 5.50. The number of hydrogen-bond acceptors (Lipinski definition) is 6. The van der Waals surface area contributed by atoms with Crippen LogP contribution in [-0.2, 0) is 11.2 Å². The van der Waals surface area contributed by atoms with Gasteiger partial charge in [0.05, 0.1) is 12.5 Å². The Bertz CT molecular complexity index is 1020. The molecule has 156 valence electrons. The molecule has 3 aromatic rings. The molecule has 4 rings (SSSR count). The average molecular weight is 409 g/mol. The molecule has 0 saturated carbocycles.